The molecule has 0 aliphatic carbocycles. The molecular weight excluding hydrogens is 336 g/mol. The van der Waals surface area contributed by atoms with Gasteiger partial charge in [-0.05, 0) is 37.6 Å². The second-order valence-corrected chi connectivity index (χ2v) is 5.71. The monoisotopic (exact) mass is 360 g/mol. The van der Waals surface area contributed by atoms with Crippen LogP contribution in [0.25, 0.3) is 0 Å². The highest BCUT2D eigenvalue weighted by Crippen LogP contribution is 2.18. The number of hydrogen-bond acceptors (Lipinski definition) is 6. The van der Waals surface area contributed by atoms with Crippen LogP contribution in [-0.2, 0) is 22.4 Å². The summed E-state index contributed by atoms with van der Waals surface area (Å²) in [7, 11) is 1.63. The summed E-state index contributed by atoms with van der Waals surface area (Å²) in [5.41, 5.74) is 1.32. The summed E-state index contributed by atoms with van der Waals surface area (Å²) in [4.78, 5) is 29.4. The van der Waals surface area contributed by atoms with E-state index in [2.05, 4.69) is 15.5 Å². The highest BCUT2D eigenvalue weighted by atomic mass is 16.6. The number of hydrogen-bond donors (Lipinski definition) is 1. The molecule has 2 rings (SSSR count). The first kappa shape index (κ1) is 19.4. The first-order valence-corrected chi connectivity index (χ1v) is 8.65. The minimum Gasteiger partial charge on any atom is -0.449 e. The molecule has 0 unspecified atom stereocenters. The van der Waals surface area contributed by atoms with Crippen LogP contribution in [0, 0.1) is 0 Å². The van der Waals surface area contributed by atoms with Gasteiger partial charge in [0.15, 0.2) is 5.82 Å². The lowest BCUT2D eigenvalue weighted by Crippen LogP contribution is -2.26. The van der Waals surface area contributed by atoms with Crippen LogP contribution in [0.15, 0.2) is 28.8 Å². The Bertz CT molecular complexity index is 727. The molecule has 0 spiro atoms. The van der Waals surface area contributed by atoms with E-state index in [1.807, 2.05) is 6.92 Å². The number of ether oxygens (including phenoxy) is 1. The zero-order valence-electron chi connectivity index (χ0n) is 15.3. The molecular formula is C18H24N4O4. The van der Waals surface area contributed by atoms with Crippen LogP contribution in [-0.4, -0.2) is 35.8 Å². The summed E-state index contributed by atoms with van der Waals surface area (Å²) >= 11 is 0. The van der Waals surface area contributed by atoms with Crippen LogP contribution in [0.1, 0.15) is 38.4 Å². The topological polar surface area (TPSA) is 97.6 Å². The first-order valence-electron chi connectivity index (χ1n) is 8.65. The van der Waals surface area contributed by atoms with Crippen LogP contribution in [0.3, 0.4) is 0 Å². The van der Waals surface area contributed by atoms with Crippen molar-refractivity contribution in [3.8, 4) is 0 Å². The van der Waals surface area contributed by atoms with E-state index in [0.717, 1.165) is 12.8 Å². The third-order valence-corrected chi connectivity index (χ3v) is 3.63. The minimum absolute atomic E-state index is 0.147. The Labute approximate surface area is 152 Å². The largest absolute Gasteiger partial charge is 0.449 e. The average Bonchev–Trinajstić information content (AvgIpc) is 3.08. The van der Waals surface area contributed by atoms with E-state index >= 15 is 0 Å². The molecule has 0 aliphatic rings. The number of rotatable bonds is 8. The van der Waals surface area contributed by atoms with Gasteiger partial charge in [-0.2, -0.15) is 4.98 Å². The Hall–Kier alpha value is -2.90. The molecule has 140 valence electrons. The fourth-order valence-corrected chi connectivity index (χ4v) is 2.25. The third kappa shape index (κ3) is 5.58. The van der Waals surface area contributed by atoms with Gasteiger partial charge in [-0.3, -0.25) is 9.69 Å². The maximum atomic E-state index is 12.0. The number of nitrogens with zero attached hydrogens (tertiary/aromatic N) is 3. The minimum atomic E-state index is -0.425. The van der Waals surface area contributed by atoms with E-state index in [9.17, 15) is 9.59 Å². The fourth-order valence-electron chi connectivity index (χ4n) is 2.25. The van der Waals surface area contributed by atoms with Crippen LogP contribution in [0.5, 0.6) is 0 Å². The van der Waals surface area contributed by atoms with Gasteiger partial charge in [0.1, 0.15) is 0 Å². The van der Waals surface area contributed by atoms with E-state index < -0.39 is 6.09 Å². The standard InChI is InChI=1S/C18H24N4O4/c1-4-6-15-20-17(26-21-15)12-11-16(23)19-13-7-9-14(10-8-13)22(3)18(24)25-5-2/h7-10H,4-6,11-12H2,1-3H3,(H,19,23). The molecule has 26 heavy (non-hydrogen) atoms. The maximum absolute atomic E-state index is 12.0. The van der Waals surface area contributed by atoms with Gasteiger partial charge < -0.3 is 14.6 Å². The van der Waals surface area contributed by atoms with Gasteiger partial charge >= 0.3 is 6.09 Å². The van der Waals surface area contributed by atoms with Gasteiger partial charge in [-0.25, -0.2) is 4.79 Å². The quantitative estimate of drug-likeness (QED) is 0.776. The molecule has 0 aliphatic heterocycles. The van der Waals surface area contributed by atoms with Crippen molar-refractivity contribution in [2.24, 2.45) is 0 Å². The number of aryl methyl sites for hydroxylation is 2. The van der Waals surface area contributed by atoms with Gasteiger partial charge in [0.05, 0.1) is 6.61 Å². The SMILES string of the molecule is CCCc1noc(CCC(=O)Nc2ccc(N(C)C(=O)OCC)cc2)n1. The van der Waals surface area contributed by atoms with Crippen molar-refractivity contribution in [2.75, 3.05) is 23.9 Å². The summed E-state index contributed by atoms with van der Waals surface area (Å²) in [6.07, 6.45) is 1.93. The Morgan fingerprint density at radius 1 is 1.19 bits per heavy atom. The van der Waals surface area contributed by atoms with E-state index in [4.69, 9.17) is 9.26 Å². The molecule has 1 aromatic carbocycles. The lowest BCUT2D eigenvalue weighted by atomic mass is 10.2. The lowest BCUT2D eigenvalue weighted by Gasteiger charge is -2.16. The Kier molecular flexibility index (Phi) is 7.13. The number of benzene rings is 1. The van der Waals surface area contributed by atoms with Crippen LogP contribution in [0.4, 0.5) is 16.2 Å². The van der Waals surface area contributed by atoms with Crippen molar-refractivity contribution >= 4 is 23.4 Å². The molecule has 1 heterocycles. The van der Waals surface area contributed by atoms with Crippen LogP contribution in [0.2, 0.25) is 0 Å². The van der Waals surface area contributed by atoms with Crippen molar-refractivity contribution in [1.29, 1.82) is 0 Å². The molecule has 0 bridgehead atoms. The van der Waals surface area contributed by atoms with E-state index in [0.29, 0.717) is 36.1 Å². The lowest BCUT2D eigenvalue weighted by molar-refractivity contribution is -0.116. The average molecular weight is 360 g/mol. The molecule has 1 aromatic heterocycles. The van der Waals surface area contributed by atoms with Crippen molar-refractivity contribution in [1.82, 2.24) is 10.1 Å². The Morgan fingerprint density at radius 3 is 2.58 bits per heavy atom. The normalized spacial score (nSPS) is 10.4. The molecule has 0 fully saturated rings. The summed E-state index contributed by atoms with van der Waals surface area (Å²) < 4.78 is 10.1. The number of carbonyl (C=O) groups is 2. The number of amides is 2. The van der Waals surface area contributed by atoms with Crippen molar-refractivity contribution in [3.05, 3.63) is 36.0 Å². The summed E-state index contributed by atoms with van der Waals surface area (Å²) in [5.74, 6) is 0.992. The molecule has 1 N–H and O–H groups in total. The number of anilines is 2. The summed E-state index contributed by atoms with van der Waals surface area (Å²) in [6, 6.07) is 6.94. The van der Waals surface area contributed by atoms with Crippen LogP contribution >= 0.6 is 0 Å². The van der Waals surface area contributed by atoms with E-state index in [1.165, 1.54) is 4.90 Å². The van der Waals surface area contributed by atoms with Crippen LogP contribution < -0.4 is 10.2 Å². The highest BCUT2D eigenvalue weighted by molar-refractivity contribution is 5.91. The van der Waals surface area contributed by atoms with E-state index in [-0.39, 0.29) is 12.3 Å². The number of carbonyl (C=O) groups excluding carboxylic acids is 2. The maximum Gasteiger partial charge on any atom is 0.413 e. The smallest absolute Gasteiger partial charge is 0.413 e. The van der Waals surface area contributed by atoms with Crippen molar-refractivity contribution in [2.45, 2.75) is 39.5 Å². The van der Waals surface area contributed by atoms with Gasteiger partial charge in [0, 0.05) is 37.7 Å². The molecule has 0 radical (unpaired) electrons. The second-order valence-electron chi connectivity index (χ2n) is 5.71. The summed E-state index contributed by atoms with van der Waals surface area (Å²) in [5, 5.41) is 6.66. The van der Waals surface area contributed by atoms with Crippen molar-refractivity contribution in [3.63, 3.8) is 0 Å². The zero-order chi connectivity index (χ0) is 18.9. The molecule has 2 amide bonds. The van der Waals surface area contributed by atoms with Gasteiger partial charge in [0.2, 0.25) is 11.8 Å². The number of aromatic nitrogens is 2. The predicted octanol–water partition coefficient (Wildman–Crippen LogP) is 3.19. The van der Waals surface area contributed by atoms with Crippen molar-refractivity contribution < 1.29 is 18.8 Å². The zero-order valence-corrected chi connectivity index (χ0v) is 15.3. The fraction of sp³-hybridized carbons (Fsp3) is 0.444. The third-order valence-electron chi connectivity index (χ3n) is 3.63. The molecule has 2 aromatic rings. The van der Waals surface area contributed by atoms with Gasteiger partial charge in [0.25, 0.3) is 0 Å². The molecule has 0 saturated heterocycles. The number of nitrogens with one attached hydrogen (secondary N) is 1. The Balaban J connectivity index is 1.83. The van der Waals surface area contributed by atoms with E-state index in [1.54, 1.807) is 38.2 Å². The molecule has 8 heteroatoms. The Morgan fingerprint density at radius 2 is 1.92 bits per heavy atom. The molecule has 8 nitrogen and oxygen atoms in total. The molecule has 0 atom stereocenters. The van der Waals surface area contributed by atoms with Gasteiger partial charge in [-0.1, -0.05) is 12.1 Å². The second kappa shape index (κ2) is 9.55. The molecule has 0 saturated carbocycles. The highest BCUT2D eigenvalue weighted by Gasteiger charge is 2.12. The summed E-state index contributed by atoms with van der Waals surface area (Å²) in [6.45, 7) is 4.11. The first-order chi connectivity index (χ1) is 12.5. The predicted molar refractivity (Wildman–Crippen MR) is 97.1 cm³/mol. The van der Waals surface area contributed by atoms with Gasteiger partial charge in [-0.15, -0.1) is 0 Å².